The third-order valence-corrected chi connectivity index (χ3v) is 4.79. The molecule has 1 aliphatic carbocycles. The molecule has 0 spiro atoms. The molecule has 1 aromatic carbocycles. The molecule has 2 rings (SSSR count). The van der Waals surface area contributed by atoms with Gasteiger partial charge in [0.05, 0.1) is 0 Å². The Morgan fingerprint density at radius 1 is 1.05 bits per heavy atom. The van der Waals surface area contributed by atoms with E-state index in [0.717, 1.165) is 12.0 Å². The summed E-state index contributed by atoms with van der Waals surface area (Å²) in [6.45, 7) is 6.85. The minimum atomic E-state index is 0.262. The Hall–Kier alpha value is -0.820. The van der Waals surface area contributed by atoms with Crippen LogP contribution in [0.1, 0.15) is 64.0 Å². The van der Waals surface area contributed by atoms with E-state index in [9.17, 15) is 0 Å². The van der Waals surface area contributed by atoms with Crippen molar-refractivity contribution >= 4 is 0 Å². The zero-order valence-corrected chi connectivity index (χ0v) is 13.7. The fraction of sp³-hybridized carbons (Fsp3) is 0.684. The molecular weight excluding hydrogens is 242 g/mol. The van der Waals surface area contributed by atoms with E-state index in [4.69, 9.17) is 0 Å². The van der Waals surface area contributed by atoms with E-state index in [1.807, 2.05) is 0 Å². The van der Waals surface area contributed by atoms with Gasteiger partial charge in [0.1, 0.15) is 0 Å². The van der Waals surface area contributed by atoms with Crippen molar-refractivity contribution in [2.24, 2.45) is 5.92 Å². The Balaban J connectivity index is 1.98. The molecule has 112 valence electrons. The lowest BCUT2D eigenvalue weighted by Gasteiger charge is -2.21. The topological polar surface area (TPSA) is 12.0 Å². The lowest BCUT2D eigenvalue weighted by molar-refractivity contribution is 0.400. The van der Waals surface area contributed by atoms with Crippen LogP contribution in [-0.4, -0.2) is 13.1 Å². The van der Waals surface area contributed by atoms with Gasteiger partial charge in [-0.3, -0.25) is 0 Å². The predicted octanol–water partition coefficient (Wildman–Crippen LogP) is 4.69. The molecule has 0 amide bonds. The number of hydrogen-bond acceptors (Lipinski definition) is 1. The number of nitrogens with one attached hydrogen (secondary N) is 1. The molecule has 0 bridgehead atoms. The molecule has 2 atom stereocenters. The fourth-order valence-corrected chi connectivity index (χ4v) is 3.38. The molecular formula is C19H31N. The summed E-state index contributed by atoms with van der Waals surface area (Å²) in [6, 6.07) is 10.1. The van der Waals surface area contributed by atoms with E-state index in [0.29, 0.717) is 0 Å². The fourth-order valence-electron chi connectivity index (χ4n) is 3.38. The Morgan fingerprint density at radius 3 is 2.30 bits per heavy atom. The van der Waals surface area contributed by atoms with Gasteiger partial charge >= 0.3 is 0 Å². The third kappa shape index (κ3) is 4.34. The second-order valence-corrected chi connectivity index (χ2v) is 7.52. The zero-order valence-electron chi connectivity index (χ0n) is 13.7. The van der Waals surface area contributed by atoms with E-state index in [2.05, 4.69) is 57.4 Å². The lowest BCUT2D eigenvalue weighted by atomic mass is 9.85. The highest BCUT2D eigenvalue weighted by atomic mass is 14.9. The van der Waals surface area contributed by atoms with Crippen LogP contribution in [-0.2, 0) is 11.8 Å². The maximum atomic E-state index is 3.49. The molecule has 1 heteroatoms. The summed E-state index contributed by atoms with van der Waals surface area (Å²) in [6.07, 6.45) is 8.16. The summed E-state index contributed by atoms with van der Waals surface area (Å²) in [4.78, 5) is 0. The molecule has 0 aliphatic heterocycles. The molecule has 2 unspecified atom stereocenters. The molecule has 1 fully saturated rings. The van der Waals surface area contributed by atoms with Crippen molar-refractivity contribution in [3.63, 3.8) is 0 Å². The molecule has 20 heavy (non-hydrogen) atoms. The second kappa shape index (κ2) is 6.76. The normalized spacial score (nSPS) is 24.4. The summed E-state index contributed by atoms with van der Waals surface area (Å²) in [5, 5.41) is 3.49. The third-order valence-electron chi connectivity index (χ3n) is 4.79. The van der Waals surface area contributed by atoms with Gasteiger partial charge in [0.15, 0.2) is 0 Å². The summed E-state index contributed by atoms with van der Waals surface area (Å²) in [7, 11) is 2.12. The molecule has 0 heterocycles. The van der Waals surface area contributed by atoms with Crippen molar-refractivity contribution in [3.05, 3.63) is 35.4 Å². The maximum Gasteiger partial charge on any atom is 0.00668 e. The van der Waals surface area contributed by atoms with Crippen molar-refractivity contribution in [1.82, 2.24) is 5.32 Å². The largest absolute Gasteiger partial charge is 0.317 e. The van der Waals surface area contributed by atoms with E-state index >= 15 is 0 Å². The average molecular weight is 273 g/mol. The predicted molar refractivity (Wildman–Crippen MR) is 88.3 cm³/mol. The van der Waals surface area contributed by atoms with Gasteiger partial charge in [0, 0.05) is 6.04 Å². The summed E-state index contributed by atoms with van der Waals surface area (Å²) in [5.41, 5.74) is 3.22. The van der Waals surface area contributed by atoms with Crippen molar-refractivity contribution in [2.45, 2.75) is 70.8 Å². The Morgan fingerprint density at radius 2 is 1.70 bits per heavy atom. The first-order valence-corrected chi connectivity index (χ1v) is 8.25. The maximum absolute atomic E-state index is 3.49. The van der Waals surface area contributed by atoms with Crippen LogP contribution in [0.5, 0.6) is 0 Å². The molecule has 0 saturated heterocycles. The van der Waals surface area contributed by atoms with E-state index < -0.39 is 0 Å². The van der Waals surface area contributed by atoms with Gasteiger partial charge in [-0.15, -0.1) is 0 Å². The van der Waals surface area contributed by atoms with E-state index in [1.165, 1.54) is 49.7 Å². The first kappa shape index (κ1) is 15.6. The highest BCUT2D eigenvalue weighted by molar-refractivity contribution is 5.27. The highest BCUT2D eigenvalue weighted by Gasteiger charge is 2.19. The molecule has 0 radical (unpaired) electrons. The zero-order chi connectivity index (χ0) is 14.6. The molecule has 1 nitrogen and oxygen atoms in total. The van der Waals surface area contributed by atoms with Gasteiger partial charge in [0.2, 0.25) is 0 Å². The second-order valence-electron chi connectivity index (χ2n) is 7.52. The Bertz CT molecular complexity index is 399. The van der Waals surface area contributed by atoms with Gasteiger partial charge in [-0.1, -0.05) is 64.3 Å². The molecule has 0 aromatic heterocycles. The van der Waals surface area contributed by atoms with Crippen LogP contribution in [0.25, 0.3) is 0 Å². The summed E-state index contributed by atoms with van der Waals surface area (Å²) in [5.74, 6) is 0.857. The average Bonchev–Trinajstić information content (AvgIpc) is 2.63. The minimum absolute atomic E-state index is 0.262. The van der Waals surface area contributed by atoms with Crippen LogP contribution in [0, 0.1) is 5.92 Å². The monoisotopic (exact) mass is 273 g/mol. The van der Waals surface area contributed by atoms with Gasteiger partial charge in [0.25, 0.3) is 0 Å². The highest BCUT2D eigenvalue weighted by Crippen LogP contribution is 2.28. The number of hydrogen-bond donors (Lipinski definition) is 1. The van der Waals surface area contributed by atoms with Crippen LogP contribution in [0.3, 0.4) is 0 Å². The van der Waals surface area contributed by atoms with E-state index in [1.54, 1.807) is 0 Å². The SMILES string of the molecule is CNC1CCCCC(Cc2ccc(C(C)(C)C)cc2)C1. The van der Waals surface area contributed by atoms with Gasteiger partial charge in [-0.05, 0) is 48.8 Å². The molecule has 1 saturated carbocycles. The Labute approximate surface area is 125 Å². The van der Waals surface area contributed by atoms with Crippen LogP contribution in [0.4, 0.5) is 0 Å². The van der Waals surface area contributed by atoms with Gasteiger partial charge in [-0.2, -0.15) is 0 Å². The first-order chi connectivity index (χ1) is 9.49. The van der Waals surface area contributed by atoms with Crippen molar-refractivity contribution < 1.29 is 0 Å². The van der Waals surface area contributed by atoms with Gasteiger partial charge < -0.3 is 5.32 Å². The van der Waals surface area contributed by atoms with Crippen LogP contribution >= 0.6 is 0 Å². The first-order valence-electron chi connectivity index (χ1n) is 8.25. The molecule has 1 aromatic rings. The number of benzene rings is 1. The standard InChI is InChI=1S/C19H31N/c1-19(2,3)17-11-9-15(10-12-17)13-16-7-5-6-8-18(14-16)20-4/h9-12,16,18,20H,5-8,13-14H2,1-4H3. The van der Waals surface area contributed by atoms with Crippen molar-refractivity contribution in [1.29, 1.82) is 0 Å². The van der Waals surface area contributed by atoms with Gasteiger partial charge in [-0.25, -0.2) is 0 Å². The lowest BCUT2D eigenvalue weighted by Crippen LogP contribution is -2.26. The quantitative estimate of drug-likeness (QED) is 0.787. The van der Waals surface area contributed by atoms with Crippen LogP contribution < -0.4 is 5.32 Å². The Kier molecular flexibility index (Phi) is 5.26. The minimum Gasteiger partial charge on any atom is -0.317 e. The van der Waals surface area contributed by atoms with Crippen molar-refractivity contribution in [2.75, 3.05) is 7.05 Å². The number of rotatable bonds is 3. The summed E-state index contributed by atoms with van der Waals surface area (Å²) < 4.78 is 0. The summed E-state index contributed by atoms with van der Waals surface area (Å²) >= 11 is 0. The smallest absolute Gasteiger partial charge is 0.00668 e. The van der Waals surface area contributed by atoms with Crippen LogP contribution in [0.2, 0.25) is 0 Å². The molecule has 1 aliphatic rings. The van der Waals surface area contributed by atoms with Crippen LogP contribution in [0.15, 0.2) is 24.3 Å². The van der Waals surface area contributed by atoms with Crippen molar-refractivity contribution in [3.8, 4) is 0 Å². The van der Waals surface area contributed by atoms with E-state index in [-0.39, 0.29) is 5.41 Å². The molecule has 1 N–H and O–H groups in total.